The highest BCUT2D eigenvalue weighted by atomic mass is 35.5. The van der Waals surface area contributed by atoms with Crippen molar-refractivity contribution >= 4 is 58.4 Å². The van der Waals surface area contributed by atoms with Crippen LogP contribution in [-0.4, -0.2) is 35.1 Å². The number of benzene rings is 2. The summed E-state index contributed by atoms with van der Waals surface area (Å²) >= 11 is 19.9. The van der Waals surface area contributed by atoms with Crippen molar-refractivity contribution in [1.29, 1.82) is 0 Å². The van der Waals surface area contributed by atoms with E-state index in [-0.39, 0.29) is 24.1 Å². The molecule has 2 amide bonds. The maximum Gasteiger partial charge on any atom is 0.242 e. The number of nitrogens with one attached hydrogen (secondary N) is 1. The van der Waals surface area contributed by atoms with Crippen LogP contribution in [0.5, 0.6) is 0 Å². The van der Waals surface area contributed by atoms with Gasteiger partial charge in [-0.25, -0.2) is 0 Å². The van der Waals surface area contributed by atoms with Gasteiger partial charge in [-0.1, -0.05) is 66.0 Å². The Kier molecular flexibility index (Phi) is 10.3. The van der Waals surface area contributed by atoms with Crippen molar-refractivity contribution in [2.24, 2.45) is 0 Å². The van der Waals surface area contributed by atoms with Crippen molar-refractivity contribution in [3.63, 3.8) is 0 Å². The number of nitrogens with zero attached hydrogens (tertiary/aromatic N) is 1. The molecule has 0 radical (unpaired) electrons. The van der Waals surface area contributed by atoms with Gasteiger partial charge < -0.3 is 10.2 Å². The first-order valence-electron chi connectivity index (χ1n) is 9.69. The van der Waals surface area contributed by atoms with E-state index in [1.54, 1.807) is 23.1 Å². The number of likely N-dealkylation sites (N-methyl/N-ethyl adjacent to an activating group) is 1. The fraction of sp³-hybridized carbons (Fsp3) is 0.364. The summed E-state index contributed by atoms with van der Waals surface area (Å²) in [6.45, 7) is 4.54. The molecule has 0 aromatic heterocycles. The van der Waals surface area contributed by atoms with E-state index in [9.17, 15) is 9.59 Å². The smallest absolute Gasteiger partial charge is 0.242 e. The third-order valence-electron chi connectivity index (χ3n) is 4.53. The molecule has 0 aliphatic rings. The van der Waals surface area contributed by atoms with Crippen molar-refractivity contribution in [2.75, 3.05) is 12.3 Å². The second-order valence-corrected chi connectivity index (χ2v) is 8.90. The van der Waals surface area contributed by atoms with Crippen LogP contribution in [0.2, 0.25) is 15.1 Å². The lowest BCUT2D eigenvalue weighted by molar-refractivity contribution is -0.139. The molecule has 2 aromatic carbocycles. The van der Waals surface area contributed by atoms with Gasteiger partial charge in [-0.05, 0) is 42.7 Å². The molecule has 0 aliphatic heterocycles. The first kappa shape index (κ1) is 24.9. The quantitative estimate of drug-likeness (QED) is 0.459. The summed E-state index contributed by atoms with van der Waals surface area (Å²) in [5.74, 6) is 0.508. The number of amides is 2. The molecule has 0 aliphatic carbocycles. The lowest BCUT2D eigenvalue weighted by Crippen LogP contribution is -2.49. The minimum absolute atomic E-state index is 0.122. The molecule has 0 unspecified atom stereocenters. The number of carbonyl (C=O) groups is 2. The van der Waals surface area contributed by atoms with E-state index in [1.165, 1.54) is 11.8 Å². The molecule has 0 fully saturated rings. The Morgan fingerprint density at radius 3 is 2.40 bits per heavy atom. The topological polar surface area (TPSA) is 49.4 Å². The molecule has 162 valence electrons. The van der Waals surface area contributed by atoms with Gasteiger partial charge >= 0.3 is 0 Å². The fourth-order valence-corrected chi connectivity index (χ4v) is 4.66. The number of carbonyl (C=O) groups excluding carboxylic acids is 2. The van der Waals surface area contributed by atoms with Crippen molar-refractivity contribution in [2.45, 2.75) is 38.6 Å². The molecule has 4 nitrogen and oxygen atoms in total. The van der Waals surface area contributed by atoms with Crippen LogP contribution in [0.1, 0.15) is 31.4 Å². The molecule has 0 saturated carbocycles. The van der Waals surface area contributed by atoms with E-state index < -0.39 is 6.04 Å². The van der Waals surface area contributed by atoms with Crippen LogP contribution in [0, 0.1) is 0 Å². The van der Waals surface area contributed by atoms with Crippen LogP contribution >= 0.6 is 46.6 Å². The molecular weight excluding hydrogens is 463 g/mol. The number of thioether (sulfide) groups is 1. The second kappa shape index (κ2) is 12.5. The Morgan fingerprint density at radius 2 is 1.77 bits per heavy atom. The van der Waals surface area contributed by atoms with Crippen molar-refractivity contribution < 1.29 is 9.59 Å². The summed E-state index contributed by atoms with van der Waals surface area (Å²) < 4.78 is 0. The SMILES string of the molecule is CCNC(=O)[C@@H](CC)N(Cc1ccccc1Cl)C(=O)CSCc1ccc(Cl)cc1Cl. The van der Waals surface area contributed by atoms with Gasteiger partial charge in [0, 0.05) is 33.9 Å². The van der Waals surface area contributed by atoms with Gasteiger partial charge in [0.1, 0.15) is 6.04 Å². The molecule has 30 heavy (non-hydrogen) atoms. The van der Waals surface area contributed by atoms with Crippen LogP contribution in [0.4, 0.5) is 0 Å². The minimum Gasteiger partial charge on any atom is -0.355 e. The zero-order valence-corrected chi connectivity index (χ0v) is 20.0. The Morgan fingerprint density at radius 1 is 1.03 bits per heavy atom. The maximum absolute atomic E-state index is 13.1. The van der Waals surface area contributed by atoms with Crippen molar-refractivity contribution in [3.05, 3.63) is 68.7 Å². The molecule has 2 aromatic rings. The van der Waals surface area contributed by atoms with Gasteiger partial charge in [-0.2, -0.15) is 0 Å². The van der Waals surface area contributed by atoms with Gasteiger partial charge in [0.2, 0.25) is 11.8 Å². The Labute approximate surface area is 197 Å². The zero-order chi connectivity index (χ0) is 22.1. The number of hydrogen-bond acceptors (Lipinski definition) is 3. The summed E-state index contributed by atoms with van der Waals surface area (Å²) in [5.41, 5.74) is 1.72. The largest absolute Gasteiger partial charge is 0.355 e. The summed E-state index contributed by atoms with van der Waals surface area (Å²) in [6.07, 6.45) is 0.510. The van der Waals surface area contributed by atoms with Crippen LogP contribution in [0.3, 0.4) is 0 Å². The van der Waals surface area contributed by atoms with Gasteiger partial charge in [0.05, 0.1) is 5.75 Å². The second-order valence-electron chi connectivity index (χ2n) is 6.66. The monoisotopic (exact) mass is 486 g/mol. The molecule has 0 bridgehead atoms. The molecule has 0 spiro atoms. The molecular formula is C22H25Cl3N2O2S. The van der Waals surface area contributed by atoms with Gasteiger partial charge in [-0.3, -0.25) is 9.59 Å². The summed E-state index contributed by atoms with van der Waals surface area (Å²) in [7, 11) is 0. The Hall–Kier alpha value is -1.40. The summed E-state index contributed by atoms with van der Waals surface area (Å²) in [5, 5.41) is 4.54. The van der Waals surface area contributed by atoms with E-state index in [2.05, 4.69) is 5.32 Å². The average Bonchev–Trinajstić information content (AvgIpc) is 2.71. The summed E-state index contributed by atoms with van der Waals surface area (Å²) in [6, 6.07) is 12.1. The molecule has 2 rings (SSSR count). The van der Waals surface area contributed by atoms with E-state index in [0.29, 0.717) is 33.8 Å². The molecule has 1 N–H and O–H groups in total. The lowest BCUT2D eigenvalue weighted by atomic mass is 10.1. The third-order valence-corrected chi connectivity index (χ3v) is 6.46. The number of hydrogen-bond donors (Lipinski definition) is 1. The van der Waals surface area contributed by atoms with E-state index in [1.807, 2.05) is 38.1 Å². The standard InChI is InChI=1S/C22H25Cl3N2O2S/c1-3-20(22(29)26-4-2)27(12-15-7-5-6-8-18(15)24)21(28)14-30-13-16-9-10-17(23)11-19(16)25/h5-11,20H,3-4,12-14H2,1-2H3,(H,26,29)/t20-/m1/s1. The van der Waals surface area contributed by atoms with Crippen LogP contribution < -0.4 is 5.32 Å². The van der Waals surface area contributed by atoms with Gasteiger partial charge in [0.15, 0.2) is 0 Å². The Balaban J connectivity index is 2.14. The minimum atomic E-state index is -0.562. The molecule has 0 saturated heterocycles. The fourth-order valence-electron chi connectivity index (χ4n) is 2.99. The first-order chi connectivity index (χ1) is 14.4. The van der Waals surface area contributed by atoms with E-state index >= 15 is 0 Å². The first-order valence-corrected chi connectivity index (χ1v) is 12.0. The molecule has 8 heteroatoms. The molecule has 1 atom stereocenters. The number of halogens is 3. The third kappa shape index (κ3) is 7.09. The molecule has 0 heterocycles. The lowest BCUT2D eigenvalue weighted by Gasteiger charge is -2.30. The predicted octanol–water partition coefficient (Wildman–Crippen LogP) is 5.82. The number of rotatable bonds is 10. The Bertz CT molecular complexity index is 879. The highest BCUT2D eigenvalue weighted by molar-refractivity contribution is 7.99. The maximum atomic E-state index is 13.1. The summed E-state index contributed by atoms with van der Waals surface area (Å²) in [4.78, 5) is 27.3. The average molecular weight is 488 g/mol. The zero-order valence-electron chi connectivity index (χ0n) is 17.0. The highest BCUT2D eigenvalue weighted by Gasteiger charge is 2.28. The normalized spacial score (nSPS) is 11.8. The van der Waals surface area contributed by atoms with Gasteiger partial charge in [0.25, 0.3) is 0 Å². The van der Waals surface area contributed by atoms with Crippen LogP contribution in [0.25, 0.3) is 0 Å². The highest BCUT2D eigenvalue weighted by Crippen LogP contribution is 2.26. The van der Waals surface area contributed by atoms with E-state index in [0.717, 1.165) is 11.1 Å². The van der Waals surface area contributed by atoms with Gasteiger partial charge in [-0.15, -0.1) is 11.8 Å². The predicted molar refractivity (Wildman–Crippen MR) is 127 cm³/mol. The van der Waals surface area contributed by atoms with Crippen LogP contribution in [-0.2, 0) is 21.9 Å². The van der Waals surface area contributed by atoms with Crippen LogP contribution in [0.15, 0.2) is 42.5 Å². The van der Waals surface area contributed by atoms with E-state index in [4.69, 9.17) is 34.8 Å². The van der Waals surface area contributed by atoms with Crippen molar-refractivity contribution in [1.82, 2.24) is 10.2 Å². The van der Waals surface area contributed by atoms with Crippen molar-refractivity contribution in [3.8, 4) is 0 Å².